The monoisotopic (exact) mass is 254 g/mol. The smallest absolute Gasteiger partial charge is 0.0842 e. The van der Waals surface area contributed by atoms with E-state index in [2.05, 4.69) is 23.8 Å². The minimum absolute atomic E-state index is 0.398. The lowest BCUT2D eigenvalue weighted by Gasteiger charge is -2.25. The zero-order valence-electron chi connectivity index (χ0n) is 9.70. The topological polar surface area (TPSA) is 6.48 Å². The second-order valence-electron chi connectivity index (χ2n) is 4.25. The molecule has 0 aliphatic carbocycles. The molecule has 2 nitrogen and oxygen atoms in total. The first-order valence-electron chi connectivity index (χ1n) is 5.29. The maximum Gasteiger partial charge on any atom is 0.0842 e. The Labute approximate surface area is 107 Å². The van der Waals surface area contributed by atoms with Gasteiger partial charge in [0.15, 0.2) is 0 Å². The number of thiocarbonyl (C=S) groups is 1. The van der Waals surface area contributed by atoms with Gasteiger partial charge in [-0.1, -0.05) is 23.8 Å². The van der Waals surface area contributed by atoms with Crippen molar-refractivity contribution < 1.29 is 0 Å². The zero-order valence-corrected chi connectivity index (χ0v) is 11.3. The third kappa shape index (κ3) is 1.89. The van der Waals surface area contributed by atoms with Crippen LogP contribution in [-0.2, 0) is 0 Å². The molecule has 0 bridgehead atoms. The summed E-state index contributed by atoms with van der Waals surface area (Å²) in [5.41, 5.74) is 2.27. The molecule has 0 amide bonds. The molecule has 1 aliphatic heterocycles. The lowest BCUT2D eigenvalue weighted by atomic mass is 10.2. The predicted molar refractivity (Wildman–Crippen MR) is 74.9 cm³/mol. The molecular weight excluding hydrogens is 240 g/mol. The molecule has 1 aromatic rings. The number of hydrogen-bond donors (Lipinski definition) is 0. The quantitative estimate of drug-likeness (QED) is 0.656. The first kappa shape index (κ1) is 11.7. The molecule has 2 rings (SSSR count). The molecule has 4 heteroatoms. The zero-order chi connectivity index (χ0) is 11.9. The fourth-order valence-corrected chi connectivity index (χ4v) is 2.47. The molecule has 0 aromatic heterocycles. The van der Waals surface area contributed by atoms with Gasteiger partial charge in [-0.3, -0.25) is 0 Å². The minimum atomic E-state index is 0.398. The molecule has 1 unspecified atom stereocenters. The highest BCUT2D eigenvalue weighted by atomic mass is 35.5. The van der Waals surface area contributed by atoms with Gasteiger partial charge < -0.3 is 9.80 Å². The highest BCUT2D eigenvalue weighted by molar-refractivity contribution is 7.80. The molecule has 86 valence electrons. The average Bonchev–Trinajstić information content (AvgIpc) is 2.32. The number of rotatable bonds is 0. The fourth-order valence-electron chi connectivity index (χ4n) is 1.96. The van der Waals surface area contributed by atoms with Crippen LogP contribution in [0.25, 0.3) is 0 Å². The van der Waals surface area contributed by atoms with Crippen LogP contribution in [0.3, 0.4) is 0 Å². The summed E-state index contributed by atoms with van der Waals surface area (Å²) < 4.78 is 0. The van der Waals surface area contributed by atoms with E-state index in [9.17, 15) is 0 Å². The Kier molecular flexibility index (Phi) is 3.08. The van der Waals surface area contributed by atoms with E-state index in [1.807, 2.05) is 25.2 Å². The maximum absolute atomic E-state index is 6.05. The number of hydrogen-bond acceptors (Lipinski definition) is 2. The summed E-state index contributed by atoms with van der Waals surface area (Å²) in [6.07, 6.45) is 0.897. The average molecular weight is 255 g/mol. The van der Waals surface area contributed by atoms with Crippen LogP contribution in [-0.4, -0.2) is 25.1 Å². The number of nitrogens with zero attached hydrogens (tertiary/aromatic N) is 2. The largest absolute Gasteiger partial charge is 0.370 e. The fraction of sp³-hybridized carbons (Fsp3) is 0.417. The van der Waals surface area contributed by atoms with Crippen molar-refractivity contribution in [2.45, 2.75) is 19.4 Å². The molecule has 0 saturated heterocycles. The number of halogens is 1. The van der Waals surface area contributed by atoms with E-state index < -0.39 is 0 Å². The van der Waals surface area contributed by atoms with Crippen LogP contribution in [0.15, 0.2) is 18.2 Å². The first-order valence-corrected chi connectivity index (χ1v) is 6.08. The van der Waals surface area contributed by atoms with Crippen LogP contribution in [0.1, 0.15) is 13.3 Å². The van der Waals surface area contributed by atoms with Crippen LogP contribution in [0.5, 0.6) is 0 Å². The van der Waals surface area contributed by atoms with Gasteiger partial charge in [0.2, 0.25) is 0 Å². The number of anilines is 2. The van der Waals surface area contributed by atoms with Crippen LogP contribution in [0, 0.1) is 0 Å². The summed E-state index contributed by atoms with van der Waals surface area (Å²) in [4.78, 5) is 5.28. The van der Waals surface area contributed by atoms with Gasteiger partial charge in [-0.25, -0.2) is 0 Å². The van der Waals surface area contributed by atoms with Crippen LogP contribution >= 0.6 is 23.8 Å². The Morgan fingerprint density at radius 2 is 2.00 bits per heavy atom. The molecule has 0 N–H and O–H groups in total. The Morgan fingerprint density at radius 1 is 1.31 bits per heavy atom. The van der Waals surface area contributed by atoms with Crippen LogP contribution in [0.4, 0.5) is 11.4 Å². The van der Waals surface area contributed by atoms with Gasteiger partial charge in [0, 0.05) is 31.6 Å². The van der Waals surface area contributed by atoms with E-state index in [0.717, 1.165) is 27.8 Å². The molecule has 1 heterocycles. The van der Waals surface area contributed by atoms with Gasteiger partial charge in [0.25, 0.3) is 0 Å². The summed E-state index contributed by atoms with van der Waals surface area (Å²) in [5, 5.41) is 0.763. The molecule has 1 aliphatic rings. The minimum Gasteiger partial charge on any atom is -0.370 e. The van der Waals surface area contributed by atoms with E-state index in [0.29, 0.717) is 6.04 Å². The SMILES string of the molecule is CC1CC(=S)N(C)c2ccc(Cl)cc2N1C. The molecule has 16 heavy (non-hydrogen) atoms. The Bertz CT molecular complexity index is 433. The van der Waals surface area contributed by atoms with E-state index in [1.165, 1.54) is 0 Å². The van der Waals surface area contributed by atoms with Gasteiger partial charge in [-0.15, -0.1) is 0 Å². The molecule has 1 aromatic carbocycles. The van der Waals surface area contributed by atoms with Crippen molar-refractivity contribution >= 4 is 40.2 Å². The standard InChI is InChI=1S/C12H15ClN2S/c1-8-6-12(16)15(3)10-5-4-9(13)7-11(10)14(8)2/h4-5,7-8H,6H2,1-3H3. The normalized spacial score (nSPS) is 20.8. The molecule has 0 spiro atoms. The Hall–Kier alpha value is -0.800. The van der Waals surface area contributed by atoms with Crippen LogP contribution < -0.4 is 9.80 Å². The van der Waals surface area contributed by atoms with Crippen molar-refractivity contribution in [1.29, 1.82) is 0 Å². The van der Waals surface area contributed by atoms with Gasteiger partial charge in [0.05, 0.1) is 16.4 Å². The third-order valence-corrected chi connectivity index (χ3v) is 3.86. The van der Waals surface area contributed by atoms with Gasteiger partial charge in [-0.2, -0.15) is 0 Å². The Morgan fingerprint density at radius 3 is 2.69 bits per heavy atom. The van der Waals surface area contributed by atoms with Crippen molar-refractivity contribution in [3.8, 4) is 0 Å². The van der Waals surface area contributed by atoms with Crippen molar-refractivity contribution in [3.63, 3.8) is 0 Å². The highest BCUT2D eigenvalue weighted by Gasteiger charge is 2.24. The summed E-state index contributed by atoms with van der Waals surface area (Å²) in [7, 11) is 4.10. The van der Waals surface area contributed by atoms with E-state index >= 15 is 0 Å². The first-order chi connectivity index (χ1) is 7.50. The molecule has 1 atom stereocenters. The van der Waals surface area contributed by atoms with Crippen LogP contribution in [0.2, 0.25) is 5.02 Å². The third-order valence-electron chi connectivity index (χ3n) is 3.18. The maximum atomic E-state index is 6.05. The lowest BCUT2D eigenvalue weighted by molar-refractivity contribution is 0.721. The van der Waals surface area contributed by atoms with Gasteiger partial charge in [0.1, 0.15) is 0 Å². The summed E-state index contributed by atoms with van der Waals surface area (Å²) in [5.74, 6) is 0. The van der Waals surface area contributed by atoms with E-state index in [4.69, 9.17) is 23.8 Å². The molecule has 0 radical (unpaired) electrons. The second kappa shape index (κ2) is 4.22. The van der Waals surface area contributed by atoms with E-state index in [-0.39, 0.29) is 0 Å². The molecule has 0 fully saturated rings. The summed E-state index contributed by atoms with van der Waals surface area (Å²) in [6.45, 7) is 2.18. The van der Waals surface area contributed by atoms with Crippen molar-refractivity contribution in [1.82, 2.24) is 0 Å². The van der Waals surface area contributed by atoms with Crippen molar-refractivity contribution in [3.05, 3.63) is 23.2 Å². The number of benzene rings is 1. The molecule has 0 saturated carbocycles. The Balaban J connectivity index is 2.57. The predicted octanol–water partition coefficient (Wildman–Crippen LogP) is 3.33. The number of fused-ring (bicyclic) bond motifs is 1. The second-order valence-corrected chi connectivity index (χ2v) is 5.16. The van der Waals surface area contributed by atoms with E-state index in [1.54, 1.807) is 0 Å². The van der Waals surface area contributed by atoms with Gasteiger partial charge >= 0.3 is 0 Å². The molecular formula is C12H15ClN2S. The van der Waals surface area contributed by atoms with Gasteiger partial charge in [-0.05, 0) is 25.1 Å². The summed E-state index contributed by atoms with van der Waals surface area (Å²) >= 11 is 11.5. The highest BCUT2D eigenvalue weighted by Crippen LogP contribution is 2.35. The van der Waals surface area contributed by atoms with Crippen molar-refractivity contribution in [2.24, 2.45) is 0 Å². The lowest BCUT2D eigenvalue weighted by Crippen LogP contribution is -2.30. The van der Waals surface area contributed by atoms with Crippen molar-refractivity contribution in [2.75, 3.05) is 23.9 Å². The summed E-state index contributed by atoms with van der Waals surface area (Å²) in [6, 6.07) is 6.33.